The smallest absolute Gasteiger partial charge is 0.323 e. The fraction of sp³-hybridized carbons (Fsp3) is 0.389. The van der Waals surface area contributed by atoms with E-state index in [2.05, 4.69) is 15.3 Å². The van der Waals surface area contributed by atoms with Crippen molar-refractivity contribution < 1.29 is 14.6 Å². The van der Waals surface area contributed by atoms with E-state index in [9.17, 15) is 9.90 Å². The van der Waals surface area contributed by atoms with Gasteiger partial charge in [-0.3, -0.25) is 5.32 Å². The molecule has 1 aliphatic heterocycles. The van der Waals surface area contributed by atoms with Gasteiger partial charge in [0.2, 0.25) is 5.88 Å². The lowest BCUT2D eigenvalue weighted by molar-refractivity contribution is 0.0683. The molecular formula is C18H22N4O3. The number of aliphatic hydroxyl groups excluding tert-OH is 1. The third kappa shape index (κ3) is 4.24. The molecule has 7 nitrogen and oxygen atoms in total. The van der Waals surface area contributed by atoms with Gasteiger partial charge in [-0.25, -0.2) is 14.8 Å². The molecule has 0 aliphatic carbocycles. The van der Waals surface area contributed by atoms with Gasteiger partial charge in [0, 0.05) is 19.2 Å². The number of piperidine rings is 1. The molecule has 7 heteroatoms. The van der Waals surface area contributed by atoms with Crippen molar-refractivity contribution in [1.82, 2.24) is 14.9 Å². The van der Waals surface area contributed by atoms with Crippen LogP contribution in [0.4, 0.5) is 10.6 Å². The number of rotatable bonds is 4. The maximum atomic E-state index is 12.4. The van der Waals surface area contributed by atoms with Gasteiger partial charge in [-0.2, -0.15) is 0 Å². The van der Waals surface area contributed by atoms with Crippen LogP contribution in [0.2, 0.25) is 0 Å². The maximum Gasteiger partial charge on any atom is 0.323 e. The maximum absolute atomic E-state index is 12.4. The normalized spacial score (nSPS) is 16.3. The summed E-state index contributed by atoms with van der Waals surface area (Å²) in [5, 5.41) is 13.3. The van der Waals surface area contributed by atoms with E-state index in [0.717, 1.165) is 18.4 Å². The summed E-state index contributed by atoms with van der Waals surface area (Å²) >= 11 is 0. The van der Waals surface area contributed by atoms with Crippen molar-refractivity contribution in [1.29, 1.82) is 0 Å². The number of urea groups is 1. The highest BCUT2D eigenvalue weighted by Crippen LogP contribution is 2.30. The van der Waals surface area contributed by atoms with E-state index >= 15 is 0 Å². The zero-order valence-electron chi connectivity index (χ0n) is 14.1. The van der Waals surface area contributed by atoms with E-state index in [1.165, 1.54) is 13.4 Å². The first-order valence-corrected chi connectivity index (χ1v) is 8.32. The van der Waals surface area contributed by atoms with E-state index in [4.69, 9.17) is 4.74 Å². The van der Waals surface area contributed by atoms with Crippen LogP contribution in [0.25, 0.3) is 0 Å². The van der Waals surface area contributed by atoms with E-state index in [1.807, 2.05) is 30.3 Å². The van der Waals surface area contributed by atoms with Crippen LogP contribution in [-0.4, -0.2) is 46.2 Å². The number of aliphatic hydroxyl groups is 1. The molecule has 1 atom stereocenters. The van der Waals surface area contributed by atoms with Gasteiger partial charge in [0.1, 0.15) is 12.1 Å². The molecule has 3 rings (SSSR count). The number of anilines is 1. The standard InChI is InChI=1S/C18H22N4O3/c1-25-16-11-15(19-12-20-16)21-18(24)22-9-7-14(8-10-22)17(23)13-5-3-2-4-6-13/h2-6,11-12,14,17,23H,7-10H2,1H3,(H,19,20,21,24)/t17-/m0/s1. The van der Waals surface area contributed by atoms with Crippen LogP contribution in [0, 0.1) is 5.92 Å². The first-order chi connectivity index (χ1) is 12.2. The summed E-state index contributed by atoms with van der Waals surface area (Å²) in [6, 6.07) is 11.0. The first-order valence-electron chi connectivity index (χ1n) is 8.32. The second kappa shape index (κ2) is 7.94. The summed E-state index contributed by atoms with van der Waals surface area (Å²) in [7, 11) is 1.51. The minimum atomic E-state index is -0.488. The summed E-state index contributed by atoms with van der Waals surface area (Å²) in [6.45, 7) is 1.20. The molecule has 0 spiro atoms. The van der Waals surface area contributed by atoms with Crippen molar-refractivity contribution in [3.8, 4) is 5.88 Å². The summed E-state index contributed by atoms with van der Waals surface area (Å²) in [5.74, 6) is 0.962. The molecule has 0 bridgehead atoms. The topological polar surface area (TPSA) is 87.6 Å². The quantitative estimate of drug-likeness (QED) is 0.891. The number of amides is 2. The number of aromatic nitrogens is 2. The average molecular weight is 342 g/mol. The summed E-state index contributed by atoms with van der Waals surface area (Å²) in [6.07, 6.45) is 2.38. The Labute approximate surface area is 146 Å². The van der Waals surface area contributed by atoms with Crippen LogP contribution in [-0.2, 0) is 0 Å². The molecule has 1 saturated heterocycles. The van der Waals surface area contributed by atoms with E-state index in [-0.39, 0.29) is 11.9 Å². The Bertz CT molecular complexity index is 702. The highest BCUT2D eigenvalue weighted by molar-refractivity contribution is 5.88. The van der Waals surface area contributed by atoms with Crippen LogP contribution in [0.15, 0.2) is 42.7 Å². The predicted octanol–water partition coefficient (Wildman–Crippen LogP) is 2.46. The zero-order valence-corrected chi connectivity index (χ0v) is 14.1. The average Bonchev–Trinajstić information content (AvgIpc) is 2.68. The molecule has 0 radical (unpaired) electrons. The lowest BCUT2D eigenvalue weighted by Crippen LogP contribution is -2.42. The van der Waals surface area contributed by atoms with Crippen LogP contribution in [0.3, 0.4) is 0 Å². The summed E-state index contributed by atoms with van der Waals surface area (Å²) in [5.41, 5.74) is 0.929. The minimum absolute atomic E-state index is 0.158. The van der Waals surface area contributed by atoms with Crippen molar-refractivity contribution >= 4 is 11.8 Å². The molecule has 1 aliphatic rings. The second-order valence-electron chi connectivity index (χ2n) is 6.06. The highest BCUT2D eigenvalue weighted by atomic mass is 16.5. The Balaban J connectivity index is 1.54. The monoisotopic (exact) mass is 342 g/mol. The molecule has 2 N–H and O–H groups in total. The Hall–Kier alpha value is -2.67. The van der Waals surface area contributed by atoms with Gasteiger partial charge < -0.3 is 14.7 Å². The molecule has 1 fully saturated rings. The third-order valence-electron chi connectivity index (χ3n) is 4.50. The van der Waals surface area contributed by atoms with Gasteiger partial charge in [0.05, 0.1) is 13.2 Å². The van der Waals surface area contributed by atoms with Gasteiger partial charge in [-0.05, 0) is 24.3 Å². The van der Waals surface area contributed by atoms with Gasteiger partial charge >= 0.3 is 6.03 Å². The number of nitrogens with one attached hydrogen (secondary N) is 1. The fourth-order valence-electron chi connectivity index (χ4n) is 3.05. The molecule has 2 heterocycles. The van der Waals surface area contributed by atoms with E-state index in [0.29, 0.717) is 24.8 Å². The van der Waals surface area contributed by atoms with Crippen molar-refractivity contribution in [2.45, 2.75) is 18.9 Å². The summed E-state index contributed by atoms with van der Waals surface area (Å²) in [4.78, 5) is 22.0. The Morgan fingerprint density at radius 3 is 2.68 bits per heavy atom. The van der Waals surface area contributed by atoms with E-state index in [1.54, 1.807) is 11.0 Å². The molecule has 2 amide bonds. The van der Waals surface area contributed by atoms with Crippen LogP contribution in [0.5, 0.6) is 5.88 Å². The van der Waals surface area contributed by atoms with Crippen molar-refractivity contribution in [3.63, 3.8) is 0 Å². The number of carbonyl (C=O) groups is 1. The molecule has 1 aromatic carbocycles. The number of benzene rings is 1. The first kappa shape index (κ1) is 17.2. The third-order valence-corrected chi connectivity index (χ3v) is 4.50. The molecule has 0 unspecified atom stereocenters. The number of methoxy groups -OCH3 is 1. The van der Waals surface area contributed by atoms with Crippen LogP contribution in [0.1, 0.15) is 24.5 Å². The van der Waals surface area contributed by atoms with Gasteiger partial charge in [-0.1, -0.05) is 30.3 Å². The number of nitrogens with zero attached hydrogens (tertiary/aromatic N) is 3. The number of hydrogen-bond donors (Lipinski definition) is 2. The second-order valence-corrected chi connectivity index (χ2v) is 6.06. The van der Waals surface area contributed by atoms with Crippen LogP contribution >= 0.6 is 0 Å². The Kier molecular flexibility index (Phi) is 5.45. The molecule has 1 aromatic heterocycles. The Morgan fingerprint density at radius 1 is 1.28 bits per heavy atom. The zero-order chi connectivity index (χ0) is 17.6. The van der Waals surface area contributed by atoms with Crippen molar-refractivity contribution in [2.24, 2.45) is 5.92 Å². The van der Waals surface area contributed by atoms with Gasteiger partial charge in [0.15, 0.2) is 0 Å². The van der Waals surface area contributed by atoms with Crippen molar-refractivity contribution in [2.75, 3.05) is 25.5 Å². The molecular weight excluding hydrogens is 320 g/mol. The lowest BCUT2D eigenvalue weighted by Gasteiger charge is -2.34. The minimum Gasteiger partial charge on any atom is -0.481 e. The van der Waals surface area contributed by atoms with Gasteiger partial charge in [0.25, 0.3) is 0 Å². The number of hydrogen-bond acceptors (Lipinski definition) is 5. The molecule has 0 saturated carbocycles. The number of likely N-dealkylation sites (tertiary alicyclic amines) is 1. The number of carbonyl (C=O) groups excluding carboxylic acids is 1. The predicted molar refractivity (Wildman–Crippen MR) is 93.3 cm³/mol. The Morgan fingerprint density at radius 2 is 2.00 bits per heavy atom. The lowest BCUT2D eigenvalue weighted by atomic mass is 9.87. The van der Waals surface area contributed by atoms with Crippen molar-refractivity contribution in [3.05, 3.63) is 48.3 Å². The SMILES string of the molecule is COc1cc(NC(=O)N2CCC([C@@H](O)c3ccccc3)CC2)ncn1. The molecule has 132 valence electrons. The molecule has 2 aromatic rings. The van der Waals surface area contributed by atoms with Gasteiger partial charge in [-0.15, -0.1) is 0 Å². The highest BCUT2D eigenvalue weighted by Gasteiger charge is 2.28. The largest absolute Gasteiger partial charge is 0.481 e. The van der Waals surface area contributed by atoms with E-state index < -0.39 is 6.10 Å². The summed E-state index contributed by atoms with van der Waals surface area (Å²) < 4.78 is 5.02. The molecule has 25 heavy (non-hydrogen) atoms. The fourth-order valence-corrected chi connectivity index (χ4v) is 3.05. The number of ether oxygens (including phenoxy) is 1. The van der Waals surface area contributed by atoms with Crippen LogP contribution < -0.4 is 10.1 Å².